The number of rotatable bonds is 4. The Labute approximate surface area is 111 Å². The number of halogens is 1. The van der Waals surface area contributed by atoms with E-state index < -0.39 is 22.5 Å². The molecule has 0 aliphatic carbocycles. The maximum absolute atomic E-state index is 12.2. The van der Waals surface area contributed by atoms with Gasteiger partial charge in [0.05, 0.1) is 11.4 Å². The van der Waals surface area contributed by atoms with Crippen LogP contribution in [0.25, 0.3) is 0 Å². The van der Waals surface area contributed by atoms with Crippen LogP contribution in [-0.4, -0.2) is 32.2 Å². The predicted molar refractivity (Wildman–Crippen MR) is 69.6 cm³/mol. The van der Waals surface area contributed by atoms with Crippen LogP contribution in [-0.2, 0) is 14.8 Å². The number of nitrogens with two attached hydrogens (primary N) is 2. The van der Waals surface area contributed by atoms with Crippen molar-refractivity contribution in [2.45, 2.75) is 11.8 Å². The number of primary amides is 1. The molecule has 4 N–H and O–H groups in total. The van der Waals surface area contributed by atoms with Crippen molar-refractivity contribution in [1.82, 2.24) is 4.31 Å². The smallest absolute Gasteiger partial charge is 0.243 e. The Bertz CT molecular complexity index is 586. The summed E-state index contributed by atoms with van der Waals surface area (Å²) in [6.45, 7) is 1.16. The summed E-state index contributed by atoms with van der Waals surface area (Å²) in [5.41, 5.74) is 11.3. The summed E-state index contributed by atoms with van der Waals surface area (Å²) >= 11 is 5.78. The minimum Gasteiger partial charge on any atom is -0.398 e. The van der Waals surface area contributed by atoms with Crippen molar-refractivity contribution in [2.75, 3.05) is 19.3 Å². The van der Waals surface area contributed by atoms with Crippen LogP contribution in [0.4, 0.5) is 5.69 Å². The van der Waals surface area contributed by atoms with Gasteiger partial charge in [-0.15, -0.1) is 0 Å². The van der Waals surface area contributed by atoms with Gasteiger partial charge in [0, 0.05) is 17.8 Å². The zero-order valence-electron chi connectivity index (χ0n) is 9.97. The van der Waals surface area contributed by atoms with Gasteiger partial charge in [-0.25, -0.2) is 8.42 Å². The normalized spacial score (nSPS) is 11.8. The summed E-state index contributed by atoms with van der Waals surface area (Å²) in [5.74, 6) is -0.742. The standard InChI is InChI=1S/C10H14ClN3O3S/c1-6-8(12)3-7(11)4-9(6)18(16,17)14(2)5-10(13)15/h3-4H,5,12H2,1-2H3,(H2,13,15). The quantitative estimate of drug-likeness (QED) is 0.780. The predicted octanol–water partition coefficient (Wildman–Crippen LogP) is 0.336. The van der Waals surface area contributed by atoms with Gasteiger partial charge in [-0.05, 0) is 24.6 Å². The molecule has 1 aromatic rings. The Morgan fingerprint density at radius 3 is 2.50 bits per heavy atom. The number of carbonyl (C=O) groups excluding carboxylic acids is 1. The molecule has 0 saturated carbocycles. The SMILES string of the molecule is Cc1c(N)cc(Cl)cc1S(=O)(=O)N(C)CC(N)=O. The van der Waals surface area contributed by atoms with E-state index in [-0.39, 0.29) is 15.6 Å². The van der Waals surface area contributed by atoms with Gasteiger partial charge in [0.15, 0.2) is 0 Å². The van der Waals surface area contributed by atoms with Crippen molar-refractivity contribution in [3.63, 3.8) is 0 Å². The van der Waals surface area contributed by atoms with E-state index in [2.05, 4.69) is 0 Å². The van der Waals surface area contributed by atoms with Crippen molar-refractivity contribution in [3.8, 4) is 0 Å². The number of hydrogen-bond donors (Lipinski definition) is 2. The highest BCUT2D eigenvalue weighted by Crippen LogP contribution is 2.27. The molecule has 0 fully saturated rings. The van der Waals surface area contributed by atoms with E-state index >= 15 is 0 Å². The van der Waals surface area contributed by atoms with Gasteiger partial charge in [0.25, 0.3) is 0 Å². The Kier molecular flexibility index (Phi) is 4.20. The van der Waals surface area contributed by atoms with Gasteiger partial charge in [-0.1, -0.05) is 11.6 Å². The molecular weight excluding hydrogens is 278 g/mol. The maximum Gasteiger partial charge on any atom is 0.243 e. The summed E-state index contributed by atoms with van der Waals surface area (Å²) in [7, 11) is -2.58. The molecule has 100 valence electrons. The van der Waals surface area contributed by atoms with Crippen LogP contribution in [0, 0.1) is 6.92 Å². The van der Waals surface area contributed by atoms with Gasteiger partial charge in [-0.2, -0.15) is 4.31 Å². The molecule has 0 bridgehead atoms. The first-order valence-electron chi connectivity index (χ1n) is 4.96. The molecule has 8 heteroatoms. The molecule has 0 aromatic heterocycles. The minimum absolute atomic E-state index is 0.0312. The third kappa shape index (κ3) is 2.92. The average Bonchev–Trinajstić information content (AvgIpc) is 2.22. The van der Waals surface area contributed by atoms with E-state index in [9.17, 15) is 13.2 Å². The minimum atomic E-state index is -3.84. The van der Waals surface area contributed by atoms with Gasteiger partial charge in [0.2, 0.25) is 15.9 Å². The molecule has 0 aliphatic heterocycles. The van der Waals surface area contributed by atoms with E-state index in [1.54, 1.807) is 6.92 Å². The van der Waals surface area contributed by atoms with Gasteiger partial charge < -0.3 is 11.5 Å². The van der Waals surface area contributed by atoms with Crippen LogP contribution in [0.5, 0.6) is 0 Å². The molecule has 6 nitrogen and oxygen atoms in total. The van der Waals surface area contributed by atoms with Crippen molar-refractivity contribution >= 4 is 33.2 Å². The average molecular weight is 292 g/mol. The first-order chi connectivity index (χ1) is 8.16. The zero-order chi connectivity index (χ0) is 14.1. The number of amides is 1. The third-order valence-electron chi connectivity index (χ3n) is 2.43. The zero-order valence-corrected chi connectivity index (χ0v) is 11.5. The summed E-state index contributed by atoms with van der Waals surface area (Å²) in [6, 6.07) is 2.75. The Hall–Kier alpha value is -1.31. The number of nitrogen functional groups attached to an aromatic ring is 1. The van der Waals surface area contributed by atoms with Crippen LogP contribution in [0.1, 0.15) is 5.56 Å². The van der Waals surface area contributed by atoms with Crippen LogP contribution >= 0.6 is 11.6 Å². The molecule has 1 amide bonds. The highest BCUT2D eigenvalue weighted by atomic mass is 35.5. The first kappa shape index (κ1) is 14.7. The van der Waals surface area contributed by atoms with Crippen LogP contribution in [0.15, 0.2) is 17.0 Å². The Balaban J connectivity index is 3.33. The Morgan fingerprint density at radius 1 is 1.44 bits per heavy atom. The van der Waals surface area contributed by atoms with Crippen molar-refractivity contribution in [2.24, 2.45) is 5.73 Å². The van der Waals surface area contributed by atoms with E-state index in [4.69, 9.17) is 23.1 Å². The van der Waals surface area contributed by atoms with E-state index in [0.717, 1.165) is 4.31 Å². The molecule has 1 rings (SSSR count). The summed E-state index contributed by atoms with van der Waals surface area (Å²) < 4.78 is 25.2. The number of likely N-dealkylation sites (N-methyl/N-ethyl adjacent to an activating group) is 1. The lowest BCUT2D eigenvalue weighted by molar-refractivity contribution is -0.118. The number of benzene rings is 1. The fourth-order valence-corrected chi connectivity index (χ4v) is 3.12. The number of sulfonamides is 1. The van der Waals surface area contributed by atoms with Crippen molar-refractivity contribution in [1.29, 1.82) is 0 Å². The molecule has 0 spiro atoms. The lowest BCUT2D eigenvalue weighted by Gasteiger charge is -2.18. The lowest BCUT2D eigenvalue weighted by atomic mass is 10.2. The van der Waals surface area contributed by atoms with Gasteiger partial charge in [0.1, 0.15) is 0 Å². The first-order valence-corrected chi connectivity index (χ1v) is 6.78. The number of nitrogens with zero attached hydrogens (tertiary/aromatic N) is 1. The van der Waals surface area contributed by atoms with Crippen LogP contribution in [0.3, 0.4) is 0 Å². The van der Waals surface area contributed by atoms with Gasteiger partial charge in [-0.3, -0.25) is 4.79 Å². The second-order valence-corrected chi connectivity index (χ2v) is 6.30. The fourth-order valence-electron chi connectivity index (χ4n) is 1.41. The largest absolute Gasteiger partial charge is 0.398 e. The van der Waals surface area contributed by atoms with Crippen molar-refractivity contribution in [3.05, 3.63) is 22.7 Å². The molecule has 0 radical (unpaired) electrons. The summed E-state index contributed by atoms with van der Waals surface area (Å²) in [5, 5.41) is 0.212. The molecular formula is C10H14ClN3O3S. The van der Waals surface area contributed by atoms with E-state index in [1.165, 1.54) is 19.2 Å². The highest BCUT2D eigenvalue weighted by Gasteiger charge is 2.25. The summed E-state index contributed by atoms with van der Waals surface area (Å²) in [4.78, 5) is 10.7. The van der Waals surface area contributed by atoms with Crippen molar-refractivity contribution < 1.29 is 13.2 Å². The molecule has 0 aliphatic rings. The third-order valence-corrected chi connectivity index (χ3v) is 4.58. The molecule has 1 aromatic carbocycles. The molecule has 0 heterocycles. The second kappa shape index (κ2) is 5.13. The number of carbonyl (C=O) groups is 1. The fraction of sp³-hybridized carbons (Fsp3) is 0.300. The molecule has 0 unspecified atom stereocenters. The summed E-state index contributed by atoms with van der Waals surface area (Å²) in [6.07, 6.45) is 0. The second-order valence-electron chi connectivity index (χ2n) is 3.85. The monoisotopic (exact) mass is 291 g/mol. The Morgan fingerprint density at radius 2 is 2.00 bits per heavy atom. The van der Waals surface area contributed by atoms with E-state index in [0.29, 0.717) is 5.56 Å². The maximum atomic E-state index is 12.2. The molecule has 18 heavy (non-hydrogen) atoms. The molecule has 0 atom stereocenters. The number of anilines is 1. The topological polar surface area (TPSA) is 106 Å². The molecule has 0 saturated heterocycles. The van der Waals surface area contributed by atoms with Gasteiger partial charge >= 0.3 is 0 Å². The van der Waals surface area contributed by atoms with E-state index in [1.807, 2.05) is 0 Å². The van der Waals surface area contributed by atoms with Crippen LogP contribution in [0.2, 0.25) is 5.02 Å². The van der Waals surface area contributed by atoms with Crippen LogP contribution < -0.4 is 11.5 Å². The number of hydrogen-bond acceptors (Lipinski definition) is 4. The lowest BCUT2D eigenvalue weighted by Crippen LogP contribution is -2.35. The highest BCUT2D eigenvalue weighted by molar-refractivity contribution is 7.89.